The fourth-order valence-electron chi connectivity index (χ4n) is 3.97. The molecule has 0 nitrogen and oxygen atoms in total. The summed E-state index contributed by atoms with van der Waals surface area (Å²) >= 11 is 0. The Hall–Kier alpha value is -4.45. The molecule has 0 aromatic heterocycles. The maximum Gasteiger partial charge on any atom is 0.216 e. The fourth-order valence-corrected chi connectivity index (χ4v) is 12.1. The van der Waals surface area contributed by atoms with Crippen LogP contribution in [0.15, 0.2) is 121 Å². The molecular formula is C36H30Si2. The van der Waals surface area contributed by atoms with E-state index in [1.807, 2.05) is 72.8 Å². The van der Waals surface area contributed by atoms with E-state index in [1.54, 1.807) is 0 Å². The molecule has 0 radical (unpaired) electrons. The molecule has 0 bridgehead atoms. The molecule has 4 aromatic carbocycles. The topological polar surface area (TPSA) is 0 Å². The minimum absolute atomic E-state index is 0.176. The molecular weight excluding hydrogens is 489 g/mol. The first-order chi connectivity index (χ1) is 18.5. The van der Waals surface area contributed by atoms with E-state index in [4.69, 9.17) is 0 Å². The van der Waals surface area contributed by atoms with Crippen LogP contribution in [0.4, 0.5) is 0 Å². The molecule has 2 heteroatoms. The summed E-state index contributed by atoms with van der Waals surface area (Å²) in [5.41, 5.74) is 18.8. The summed E-state index contributed by atoms with van der Waals surface area (Å²) in [5, 5.41) is 0.176. The lowest BCUT2D eigenvalue weighted by atomic mass is 10.2. The summed E-state index contributed by atoms with van der Waals surface area (Å²) in [7, 11) is -4.99. The van der Waals surface area contributed by atoms with Gasteiger partial charge in [-0.1, -0.05) is 103 Å². The van der Waals surface area contributed by atoms with E-state index in [2.05, 4.69) is 114 Å². The van der Waals surface area contributed by atoms with Gasteiger partial charge in [-0.15, -0.1) is 22.2 Å². The Bertz CT molecular complexity index is 1350. The van der Waals surface area contributed by atoms with Gasteiger partial charge in [-0.05, 0) is 66.8 Å². The highest BCUT2D eigenvalue weighted by Gasteiger charge is 2.45. The molecule has 0 amide bonds. The van der Waals surface area contributed by atoms with E-state index in [0.29, 0.717) is 0 Å². The van der Waals surface area contributed by atoms with E-state index in [9.17, 15) is 0 Å². The molecule has 0 N–H and O–H groups in total. The first-order valence-corrected chi connectivity index (χ1v) is 18.0. The van der Waals surface area contributed by atoms with Crippen molar-refractivity contribution in [2.24, 2.45) is 0 Å². The Kier molecular flexibility index (Phi) is 8.88. The van der Waals surface area contributed by atoms with Crippen LogP contribution >= 0.6 is 0 Å². The van der Waals surface area contributed by atoms with Crippen LogP contribution in [0.3, 0.4) is 0 Å². The summed E-state index contributed by atoms with van der Waals surface area (Å²) in [6.45, 7) is 6.85. The van der Waals surface area contributed by atoms with Gasteiger partial charge in [0.25, 0.3) is 0 Å². The van der Waals surface area contributed by atoms with Gasteiger partial charge in [0, 0.05) is 22.3 Å². The lowest BCUT2D eigenvalue weighted by Crippen LogP contribution is -2.48. The maximum atomic E-state index is 3.70. The standard InChI is InChI=1S/C36H30Si2/c1-32(37(2,28-24-33-16-8-4-9-17-33)29-25-34-18-10-5-11-19-34)38(3,30-26-35-20-12-6-13-21-35)31-27-36-22-14-7-15-23-36/h4-23,32H,1-3H3. The van der Waals surface area contributed by atoms with Gasteiger partial charge in [-0.25, -0.2) is 0 Å². The Morgan fingerprint density at radius 1 is 0.395 bits per heavy atom. The highest BCUT2D eigenvalue weighted by atomic mass is 28.4. The van der Waals surface area contributed by atoms with Crippen LogP contribution in [0, 0.1) is 45.9 Å². The van der Waals surface area contributed by atoms with Gasteiger partial charge in [-0.3, -0.25) is 0 Å². The van der Waals surface area contributed by atoms with Crippen molar-refractivity contribution in [3.63, 3.8) is 0 Å². The van der Waals surface area contributed by atoms with Gasteiger partial charge in [0.2, 0.25) is 16.1 Å². The van der Waals surface area contributed by atoms with E-state index >= 15 is 0 Å². The van der Waals surface area contributed by atoms with Crippen LogP contribution in [0.25, 0.3) is 0 Å². The second-order valence-corrected chi connectivity index (χ2v) is 17.7. The van der Waals surface area contributed by atoms with Crippen molar-refractivity contribution in [1.29, 1.82) is 0 Å². The maximum absolute atomic E-state index is 3.70. The zero-order valence-corrected chi connectivity index (χ0v) is 24.1. The molecule has 38 heavy (non-hydrogen) atoms. The smallest absolute Gasteiger partial charge is 0.110 e. The summed E-state index contributed by atoms with van der Waals surface area (Å²) in [6.07, 6.45) is 0. The van der Waals surface area contributed by atoms with E-state index in [-0.39, 0.29) is 5.16 Å². The largest absolute Gasteiger partial charge is 0.216 e. The third kappa shape index (κ3) is 7.29. The molecule has 0 saturated carbocycles. The van der Waals surface area contributed by atoms with Gasteiger partial charge in [0.15, 0.2) is 0 Å². The average Bonchev–Trinajstić information content (AvgIpc) is 2.99. The minimum Gasteiger partial charge on any atom is -0.110 e. The summed E-state index contributed by atoms with van der Waals surface area (Å²) in [5.74, 6) is 13.8. The van der Waals surface area contributed by atoms with E-state index < -0.39 is 16.1 Å². The van der Waals surface area contributed by atoms with Crippen LogP contribution in [0.1, 0.15) is 29.2 Å². The first-order valence-electron chi connectivity index (χ1n) is 12.8. The van der Waals surface area contributed by atoms with Crippen molar-refractivity contribution in [1.82, 2.24) is 0 Å². The molecule has 4 rings (SSSR count). The number of benzene rings is 4. The van der Waals surface area contributed by atoms with Crippen LogP contribution in [-0.2, 0) is 0 Å². The normalized spacial score (nSPS) is 10.4. The van der Waals surface area contributed by atoms with Crippen molar-refractivity contribution in [2.75, 3.05) is 0 Å². The number of hydrogen-bond donors (Lipinski definition) is 0. The molecule has 0 aliphatic carbocycles. The molecule has 0 saturated heterocycles. The zero-order valence-electron chi connectivity index (χ0n) is 22.1. The van der Waals surface area contributed by atoms with E-state index in [1.165, 1.54) is 0 Å². The number of hydrogen-bond acceptors (Lipinski definition) is 0. The van der Waals surface area contributed by atoms with Gasteiger partial charge in [0.05, 0.1) is 0 Å². The first kappa shape index (κ1) is 26.6. The van der Waals surface area contributed by atoms with Gasteiger partial charge < -0.3 is 0 Å². The molecule has 4 aromatic rings. The predicted octanol–water partition coefficient (Wildman–Crippen LogP) is 7.44. The van der Waals surface area contributed by atoms with Gasteiger partial charge in [0.1, 0.15) is 0 Å². The van der Waals surface area contributed by atoms with Crippen LogP contribution in [0.2, 0.25) is 18.3 Å². The van der Waals surface area contributed by atoms with Crippen LogP contribution < -0.4 is 0 Å². The van der Waals surface area contributed by atoms with Gasteiger partial charge in [-0.2, -0.15) is 0 Å². The molecule has 0 heterocycles. The van der Waals surface area contributed by atoms with Crippen LogP contribution in [0.5, 0.6) is 0 Å². The molecule has 0 fully saturated rings. The summed E-state index contributed by atoms with van der Waals surface area (Å²) < 4.78 is 0. The third-order valence-electron chi connectivity index (χ3n) is 6.69. The molecule has 0 spiro atoms. The van der Waals surface area contributed by atoms with E-state index in [0.717, 1.165) is 22.3 Å². The quantitative estimate of drug-likeness (QED) is 0.191. The molecule has 182 valence electrons. The monoisotopic (exact) mass is 518 g/mol. The zero-order chi connectivity index (χ0) is 26.7. The van der Waals surface area contributed by atoms with Crippen molar-refractivity contribution >= 4 is 16.1 Å². The molecule has 0 aliphatic heterocycles. The predicted molar refractivity (Wildman–Crippen MR) is 166 cm³/mol. The van der Waals surface area contributed by atoms with Crippen molar-refractivity contribution in [3.8, 4) is 45.9 Å². The van der Waals surface area contributed by atoms with Crippen molar-refractivity contribution in [2.45, 2.75) is 25.2 Å². The second kappa shape index (κ2) is 12.7. The van der Waals surface area contributed by atoms with Crippen LogP contribution in [-0.4, -0.2) is 16.1 Å². The second-order valence-electron chi connectivity index (χ2n) is 9.59. The summed E-state index contributed by atoms with van der Waals surface area (Å²) in [4.78, 5) is 0. The SMILES string of the molecule is CC([Si](C)(C#Cc1ccccc1)C#Cc1ccccc1)[Si](C)(C#Cc1ccccc1)C#Cc1ccccc1. The van der Waals surface area contributed by atoms with Crippen molar-refractivity contribution < 1.29 is 0 Å². The highest BCUT2D eigenvalue weighted by Crippen LogP contribution is 2.31. The molecule has 0 atom stereocenters. The highest BCUT2D eigenvalue weighted by molar-refractivity contribution is 7.11. The third-order valence-corrected chi connectivity index (χ3v) is 16.2. The fraction of sp³-hybridized carbons (Fsp3) is 0.111. The number of rotatable bonds is 2. The summed E-state index contributed by atoms with van der Waals surface area (Å²) in [6, 6.07) is 40.7. The minimum atomic E-state index is -2.50. The Morgan fingerprint density at radius 3 is 0.816 bits per heavy atom. The average molecular weight is 519 g/mol. The Labute approximate surface area is 230 Å². The molecule has 0 unspecified atom stereocenters. The molecule has 0 aliphatic rings. The van der Waals surface area contributed by atoms with Gasteiger partial charge >= 0.3 is 0 Å². The lowest BCUT2D eigenvalue weighted by Gasteiger charge is -2.31. The Morgan fingerprint density at radius 2 is 0.605 bits per heavy atom. The lowest BCUT2D eigenvalue weighted by molar-refractivity contribution is 1.24. The Balaban J connectivity index is 1.84. The van der Waals surface area contributed by atoms with Crippen molar-refractivity contribution in [3.05, 3.63) is 144 Å².